The number of methoxy groups -OCH3 is 5. The summed E-state index contributed by atoms with van der Waals surface area (Å²) in [7, 11) is 6.85. The first-order valence-corrected chi connectivity index (χ1v) is 36.3. The predicted octanol–water partition coefficient (Wildman–Crippen LogP) is 13.4. The molecule has 36 nitrogen and oxygen atoms in total. The molecule has 2 atom stereocenters. The molecule has 0 bridgehead atoms. The van der Waals surface area contributed by atoms with Gasteiger partial charge in [0.05, 0.1) is 16.9 Å². The summed E-state index contributed by atoms with van der Waals surface area (Å²) in [5.74, 6) is 10.1. The van der Waals surface area contributed by atoms with Crippen molar-refractivity contribution in [2.24, 2.45) is 11.7 Å². The molecule has 1 aliphatic heterocycles. The minimum atomic E-state index is -4.62. The van der Waals surface area contributed by atoms with Crippen molar-refractivity contribution in [3.8, 4) is 23.0 Å². The van der Waals surface area contributed by atoms with Gasteiger partial charge in [-0.25, -0.2) is 30.4 Å². The first-order valence-electron chi connectivity index (χ1n) is 34.0. The maximum absolute atomic E-state index is 14.2. The van der Waals surface area contributed by atoms with Crippen LogP contribution >= 0.6 is 69.6 Å². The summed E-state index contributed by atoms with van der Waals surface area (Å²) in [6.45, 7) is 21.2. The van der Waals surface area contributed by atoms with Crippen LogP contribution in [0.3, 0.4) is 0 Å². The molecule has 12 aromatic heterocycles. The number of halogens is 14. The zero-order valence-corrected chi connectivity index (χ0v) is 70.4. The Morgan fingerprint density at radius 2 is 0.909 bits per heavy atom. The van der Waals surface area contributed by atoms with Crippen LogP contribution in [0.1, 0.15) is 121 Å². The monoisotopic (exact) mass is 1830 g/mol. The molecule has 0 radical (unpaired) electrons. The maximum Gasteiger partial charge on any atom is 0.496 e. The molecule has 0 saturated carbocycles. The van der Waals surface area contributed by atoms with Crippen LogP contribution in [0.25, 0.3) is 33.8 Å². The van der Waals surface area contributed by atoms with Crippen molar-refractivity contribution in [3.63, 3.8) is 0 Å². The van der Waals surface area contributed by atoms with E-state index in [0.29, 0.717) is 114 Å². The van der Waals surface area contributed by atoms with Crippen molar-refractivity contribution in [1.29, 1.82) is 0 Å². The number of aryl methyl sites for hydroxylation is 6. The van der Waals surface area contributed by atoms with Crippen LogP contribution in [0.4, 0.5) is 46.8 Å². The number of nitrogens with one attached hydrogen (secondary N) is 2. The summed E-state index contributed by atoms with van der Waals surface area (Å²) < 4.78 is 154. The van der Waals surface area contributed by atoms with Gasteiger partial charge in [-0.3, -0.25) is 4.79 Å². The smallest absolute Gasteiger partial charge is 0.463 e. The van der Waals surface area contributed by atoms with Gasteiger partial charge in [0, 0.05) is 59.0 Å². The largest absolute Gasteiger partial charge is 0.496 e. The normalized spacial score (nSPS) is 12.8. The van der Waals surface area contributed by atoms with Gasteiger partial charge in [-0.1, -0.05) is 80.3 Å². The minimum absolute atomic E-state index is 0. The van der Waals surface area contributed by atoms with Crippen molar-refractivity contribution in [2.75, 3.05) is 53.0 Å². The third kappa shape index (κ3) is 29.9. The van der Waals surface area contributed by atoms with Gasteiger partial charge in [0.15, 0.2) is 107 Å². The molecule has 0 unspecified atom stereocenters. The summed E-state index contributed by atoms with van der Waals surface area (Å²) >= 11 is 33.5. The van der Waals surface area contributed by atoms with Crippen molar-refractivity contribution >= 4 is 122 Å². The zero-order valence-electron chi connectivity index (χ0n) is 65.9. The third-order valence-electron chi connectivity index (χ3n) is 15.9. The molecule has 13 heterocycles. The molecule has 121 heavy (non-hydrogen) atoms. The van der Waals surface area contributed by atoms with Crippen LogP contribution in [0, 0.1) is 53.2 Å². The fourth-order valence-electron chi connectivity index (χ4n) is 9.04. The number of hydrogen-bond donors (Lipinski definition) is 4. The molecule has 0 amide bonds. The molecule has 0 aliphatic carbocycles. The van der Waals surface area contributed by atoms with E-state index in [1.165, 1.54) is 31.1 Å². The molecule has 1 aliphatic rings. The molecule has 662 valence electrons. The van der Waals surface area contributed by atoms with E-state index in [9.17, 15) is 39.9 Å². The molecule has 13 rings (SSSR count). The van der Waals surface area contributed by atoms with E-state index in [1.807, 2.05) is 74.4 Å². The molecule has 0 spiro atoms. The van der Waals surface area contributed by atoms with Gasteiger partial charge in [-0.15, -0.1) is 61.2 Å². The summed E-state index contributed by atoms with van der Waals surface area (Å²) in [6, 6.07) is 12.5. The van der Waals surface area contributed by atoms with Gasteiger partial charge in [0.1, 0.15) is 33.0 Å². The number of fused-ring (bicyclic) bond motifs is 4. The molecular weight excluding hydrogens is 1740 g/mol. The highest BCUT2D eigenvalue weighted by Gasteiger charge is 2.52. The van der Waals surface area contributed by atoms with Gasteiger partial charge in [0.25, 0.3) is 11.8 Å². The van der Waals surface area contributed by atoms with Gasteiger partial charge in [-0.05, 0) is 177 Å². The van der Waals surface area contributed by atoms with E-state index in [4.69, 9.17) is 110 Å². The van der Waals surface area contributed by atoms with E-state index in [-0.39, 0.29) is 46.5 Å². The van der Waals surface area contributed by atoms with Crippen LogP contribution in [-0.4, -0.2) is 200 Å². The molecule has 1 saturated heterocycles. The number of pyridine rings is 2. The van der Waals surface area contributed by atoms with Crippen molar-refractivity contribution in [2.45, 2.75) is 168 Å². The Balaban J connectivity index is 0.000000368. The number of hydrazine groups is 2. The Morgan fingerprint density at radius 1 is 0.488 bits per heavy atom. The fraction of sp³-hybridized carbons (Fsp3) is 0.443. The Hall–Kier alpha value is -9.59. The standard InChI is InChI=1S/C16H15F4N5O2.C14H18BF4NO3.3C8H9ClN4O.2C5H7ClN4.C3H5ClO2.3CH4/c1-8-4-12-22-23-13(7-26-3)25(12)24-14(8)10-5-11(17)15(21-6-10)27-9(2)16(18,19)20;1-8(14(17,18)19)21-11-10(16)6-9(7-20-11)15-22-12(2,3)13(4,5)23-15;2*1-5-3-6-10-11-7(4-14-2)13(6)12-8(5)9;1-5-3-6(9)12-13-7(4-14-2)10-11-8(5)13;1-3-2-4(8-7)9-10-5(3)6;1-3-2-4(6)9-10-5(3)8-7;1-6-2-3(4)5;;;/h4-6,9H,7H2,1-3H3;6-8H,1-5H3;3*3H,4H2,1-2H3;2H,7H2,1H3,(H,8,9);2H,7H2,1H3,(H,8,10);2H2,1H3;3*1H4/t9-;8-;;;;;;;;;/m11........./s1. The van der Waals surface area contributed by atoms with Gasteiger partial charge < -0.3 is 53.3 Å². The second-order valence-corrected chi connectivity index (χ2v) is 27.8. The van der Waals surface area contributed by atoms with Crippen LogP contribution in [0.5, 0.6) is 11.8 Å². The van der Waals surface area contributed by atoms with Crippen LogP contribution in [-0.2, 0) is 64.2 Å². The summed E-state index contributed by atoms with van der Waals surface area (Å²) in [4.78, 5) is 17.0. The maximum atomic E-state index is 14.2. The SMILES string of the molecule is C.C.C.COCC(=O)Cl.COCc1nnc2c(C)cc(Cl)nn12.COCc1nnc2cc(C)c(-c3cnc(O[C@H](C)C(F)(F)F)c(F)c3)nn12.COCc1nnc2cc(C)c(Cl)nn12.COCc1nnc2cc(C)c(Cl)nn12.C[C@@H](Oc1ncc(B2OC(C)(C)C(C)(C)O2)cc1F)C(F)(F)F.Cc1cc(Cl)nnc1NN.Cc1cc(NN)nnc1Cl. The number of nitrogen functional groups attached to an aromatic ring is 2. The number of ether oxygens (including phenoxy) is 7. The minimum Gasteiger partial charge on any atom is -0.463 e. The predicted molar refractivity (Wildman–Crippen MR) is 437 cm³/mol. The highest BCUT2D eigenvalue weighted by atomic mass is 35.5. The van der Waals surface area contributed by atoms with Crippen molar-refractivity contribution in [3.05, 3.63) is 155 Å². The lowest BCUT2D eigenvalue weighted by Crippen LogP contribution is -2.41. The summed E-state index contributed by atoms with van der Waals surface area (Å²) in [6.07, 6.45) is -11.2. The number of anilines is 2. The van der Waals surface area contributed by atoms with E-state index in [1.54, 1.807) is 66.1 Å². The lowest BCUT2D eigenvalue weighted by Gasteiger charge is -2.32. The number of hydrogen-bond acceptors (Lipinski definition) is 32. The Morgan fingerprint density at radius 3 is 1.31 bits per heavy atom. The molecular formula is C70H91BCl6F8N26O10. The van der Waals surface area contributed by atoms with E-state index in [2.05, 4.69) is 117 Å². The van der Waals surface area contributed by atoms with Crippen LogP contribution < -0.4 is 37.5 Å². The Labute approximate surface area is 720 Å². The molecule has 12 aromatic rings. The van der Waals surface area contributed by atoms with Crippen LogP contribution in [0.2, 0.25) is 25.8 Å². The number of nitrogens with zero attached hydrogens (tertiary/aromatic N) is 22. The van der Waals surface area contributed by atoms with Gasteiger partial charge in [0.2, 0.25) is 5.24 Å². The summed E-state index contributed by atoms with van der Waals surface area (Å²) in [5.41, 5.74) is 12.1. The fourth-order valence-corrected chi connectivity index (χ4v) is 9.94. The number of carbonyl (C=O) groups excluding carboxylic acids is 1. The first-order chi connectivity index (χ1) is 55.4. The van der Waals surface area contributed by atoms with E-state index in [0.717, 1.165) is 53.8 Å². The molecule has 51 heteroatoms. The van der Waals surface area contributed by atoms with Crippen LogP contribution in [0.15, 0.2) is 60.9 Å². The number of nitrogens with two attached hydrogens (primary N) is 2. The number of rotatable bonds is 18. The zero-order chi connectivity index (χ0) is 87.9. The second-order valence-electron chi connectivity index (χ2n) is 25.5. The highest BCUT2D eigenvalue weighted by Crippen LogP contribution is 2.37. The highest BCUT2D eigenvalue weighted by molar-refractivity contribution is 6.64. The Kier molecular flexibility index (Phi) is 41.7. The van der Waals surface area contributed by atoms with E-state index >= 15 is 0 Å². The van der Waals surface area contributed by atoms with Gasteiger partial charge >= 0.3 is 19.5 Å². The Bertz CT molecular complexity index is 5240. The van der Waals surface area contributed by atoms with E-state index < -0.39 is 71.5 Å². The van der Waals surface area contributed by atoms with Gasteiger partial charge in [-0.2, -0.15) is 64.8 Å². The number of carbonyl (C=O) groups is 1. The molecule has 0 aromatic carbocycles. The lowest BCUT2D eigenvalue weighted by atomic mass is 9.80. The molecule has 1 fully saturated rings. The van der Waals surface area contributed by atoms with Crippen molar-refractivity contribution < 1.29 is 82.4 Å². The third-order valence-corrected chi connectivity index (χ3v) is 17.5. The molecule has 6 N–H and O–H groups in total. The average Bonchev–Trinajstić information content (AvgIpc) is 1.65. The van der Waals surface area contributed by atoms with Crippen molar-refractivity contribution in [1.82, 2.24) is 110 Å². The topological polar surface area (TPSA) is 426 Å². The second kappa shape index (κ2) is 47.7. The number of alkyl halides is 6. The first kappa shape index (κ1) is 106. The average molecular weight is 1830 g/mol. The number of aromatic nitrogens is 22. The lowest BCUT2D eigenvalue weighted by molar-refractivity contribution is -0.190. The summed E-state index contributed by atoms with van der Waals surface area (Å²) in [5, 5.41) is 64.5. The quantitative estimate of drug-likeness (QED) is 0.0204.